The van der Waals surface area contributed by atoms with Gasteiger partial charge in [0.15, 0.2) is 11.2 Å². The number of imidazole rings is 1. The molecule has 0 aliphatic rings. The van der Waals surface area contributed by atoms with E-state index in [4.69, 9.17) is 5.73 Å². The van der Waals surface area contributed by atoms with Gasteiger partial charge in [0.1, 0.15) is 5.82 Å². The number of hydrogen-bond acceptors (Lipinski definition) is 4. The van der Waals surface area contributed by atoms with Crippen LogP contribution in [0.3, 0.4) is 0 Å². The zero-order chi connectivity index (χ0) is 16.8. The third-order valence-electron chi connectivity index (χ3n) is 3.65. The molecule has 0 aromatic carbocycles. The van der Waals surface area contributed by atoms with Gasteiger partial charge in [-0.3, -0.25) is 13.9 Å². The molecule has 2 aromatic rings. The monoisotopic (exact) mass is 307 g/mol. The molecule has 0 unspecified atom stereocenters. The highest BCUT2D eigenvalue weighted by Gasteiger charge is 2.23. The number of nitrogens with two attached hydrogens (primary N) is 1. The molecule has 0 aliphatic carbocycles. The quantitative estimate of drug-likeness (QED) is 0.913. The van der Waals surface area contributed by atoms with Crippen LogP contribution in [0.1, 0.15) is 46.5 Å². The molecule has 0 saturated carbocycles. The molecule has 0 bridgehead atoms. The summed E-state index contributed by atoms with van der Waals surface area (Å²) < 4.78 is 4.65. The third-order valence-corrected chi connectivity index (χ3v) is 3.65. The van der Waals surface area contributed by atoms with E-state index in [2.05, 4.69) is 4.98 Å². The van der Waals surface area contributed by atoms with Crippen LogP contribution in [0.5, 0.6) is 0 Å². The molecule has 0 spiro atoms. The van der Waals surface area contributed by atoms with Crippen molar-refractivity contribution in [2.24, 2.45) is 5.73 Å². The molecule has 2 N–H and O–H groups in total. The number of aromatic nitrogens is 4. The zero-order valence-electron chi connectivity index (χ0n) is 14.2. The molecule has 7 heteroatoms. The standard InChI is InChI=1S/C15H25N5O2/c1-7-18-13(21)11-12(20(9(2)3)14(18)22)17-10(4)19(11)8-15(5,6)16/h9H,7-8,16H2,1-6H3. The van der Waals surface area contributed by atoms with Crippen LogP contribution in [0.15, 0.2) is 9.59 Å². The first kappa shape index (κ1) is 16.5. The maximum atomic E-state index is 12.7. The van der Waals surface area contributed by atoms with Gasteiger partial charge < -0.3 is 10.3 Å². The molecular formula is C15H25N5O2. The minimum absolute atomic E-state index is 0.0814. The fourth-order valence-electron chi connectivity index (χ4n) is 2.71. The second kappa shape index (κ2) is 5.39. The smallest absolute Gasteiger partial charge is 0.324 e. The maximum Gasteiger partial charge on any atom is 0.332 e. The molecule has 22 heavy (non-hydrogen) atoms. The molecule has 0 radical (unpaired) electrons. The van der Waals surface area contributed by atoms with Crippen LogP contribution in [0.4, 0.5) is 0 Å². The van der Waals surface area contributed by atoms with E-state index < -0.39 is 5.54 Å². The molecular weight excluding hydrogens is 282 g/mol. The van der Waals surface area contributed by atoms with E-state index in [0.717, 1.165) is 0 Å². The van der Waals surface area contributed by atoms with Crippen LogP contribution in [0.25, 0.3) is 11.2 Å². The Balaban J connectivity index is 2.98. The largest absolute Gasteiger partial charge is 0.332 e. The lowest BCUT2D eigenvalue weighted by Crippen LogP contribution is -2.42. The summed E-state index contributed by atoms with van der Waals surface area (Å²) in [5.41, 5.74) is 5.90. The Labute approximate surface area is 129 Å². The summed E-state index contributed by atoms with van der Waals surface area (Å²) in [6, 6.07) is -0.0814. The number of nitrogens with zero attached hydrogens (tertiary/aromatic N) is 4. The summed E-state index contributed by atoms with van der Waals surface area (Å²) >= 11 is 0. The molecule has 2 aromatic heterocycles. The molecule has 7 nitrogen and oxygen atoms in total. The van der Waals surface area contributed by atoms with Crippen LogP contribution >= 0.6 is 0 Å². The van der Waals surface area contributed by atoms with E-state index in [1.165, 1.54) is 4.57 Å². The van der Waals surface area contributed by atoms with Crippen LogP contribution < -0.4 is 17.0 Å². The highest BCUT2D eigenvalue weighted by atomic mass is 16.2. The summed E-state index contributed by atoms with van der Waals surface area (Å²) in [7, 11) is 0. The SMILES string of the molecule is CCn1c(=O)c2c(nc(C)n2CC(C)(C)N)n(C(C)C)c1=O. The normalized spacial score (nSPS) is 12.5. The fraction of sp³-hybridized carbons (Fsp3) is 0.667. The lowest BCUT2D eigenvalue weighted by molar-refractivity contribution is 0.433. The van der Waals surface area contributed by atoms with Crippen molar-refractivity contribution in [2.45, 2.75) is 66.2 Å². The van der Waals surface area contributed by atoms with Crippen molar-refractivity contribution in [2.75, 3.05) is 0 Å². The van der Waals surface area contributed by atoms with E-state index in [0.29, 0.717) is 30.1 Å². The van der Waals surface area contributed by atoms with Gasteiger partial charge in [-0.15, -0.1) is 0 Å². The number of fused-ring (bicyclic) bond motifs is 1. The Morgan fingerprint density at radius 1 is 1.23 bits per heavy atom. The molecule has 0 amide bonds. The topological polar surface area (TPSA) is 87.8 Å². The molecule has 2 rings (SSSR count). The van der Waals surface area contributed by atoms with Crippen LogP contribution in [-0.4, -0.2) is 24.2 Å². The average molecular weight is 307 g/mol. The molecule has 122 valence electrons. The van der Waals surface area contributed by atoms with Crippen molar-refractivity contribution in [1.29, 1.82) is 0 Å². The Kier molecular flexibility index (Phi) is 4.04. The van der Waals surface area contributed by atoms with Crippen molar-refractivity contribution in [3.05, 3.63) is 26.7 Å². The van der Waals surface area contributed by atoms with Gasteiger partial charge in [0, 0.05) is 24.7 Å². The Morgan fingerprint density at radius 3 is 2.27 bits per heavy atom. The molecule has 0 atom stereocenters. The van der Waals surface area contributed by atoms with Gasteiger partial charge in [0.2, 0.25) is 0 Å². The van der Waals surface area contributed by atoms with Gasteiger partial charge in [-0.05, 0) is 41.5 Å². The Bertz CT molecular complexity index is 818. The first-order valence-corrected chi connectivity index (χ1v) is 7.59. The average Bonchev–Trinajstić information content (AvgIpc) is 2.64. The Hall–Kier alpha value is -1.89. The lowest BCUT2D eigenvalue weighted by Gasteiger charge is -2.21. The van der Waals surface area contributed by atoms with Gasteiger partial charge in [-0.25, -0.2) is 9.78 Å². The van der Waals surface area contributed by atoms with Gasteiger partial charge in [0.05, 0.1) is 0 Å². The van der Waals surface area contributed by atoms with Gasteiger partial charge in [-0.2, -0.15) is 0 Å². The van der Waals surface area contributed by atoms with E-state index in [1.54, 1.807) is 11.5 Å². The van der Waals surface area contributed by atoms with E-state index in [-0.39, 0.29) is 17.3 Å². The van der Waals surface area contributed by atoms with E-state index in [9.17, 15) is 9.59 Å². The number of aryl methyl sites for hydroxylation is 1. The first-order chi connectivity index (χ1) is 10.1. The van der Waals surface area contributed by atoms with Crippen molar-refractivity contribution in [3.8, 4) is 0 Å². The maximum absolute atomic E-state index is 12.7. The minimum atomic E-state index is -0.485. The number of hydrogen-bond donors (Lipinski definition) is 1. The summed E-state index contributed by atoms with van der Waals surface area (Å²) in [4.78, 5) is 29.7. The van der Waals surface area contributed by atoms with Crippen LogP contribution in [0.2, 0.25) is 0 Å². The minimum Gasteiger partial charge on any atom is -0.324 e. The molecule has 0 fully saturated rings. The summed E-state index contributed by atoms with van der Waals surface area (Å²) in [6.07, 6.45) is 0. The second-order valence-corrected chi connectivity index (χ2v) is 6.70. The summed E-state index contributed by atoms with van der Waals surface area (Å²) in [6.45, 7) is 12.0. The van der Waals surface area contributed by atoms with E-state index in [1.807, 2.05) is 39.2 Å². The third kappa shape index (κ3) is 2.61. The second-order valence-electron chi connectivity index (χ2n) is 6.70. The molecule has 0 saturated heterocycles. The predicted molar refractivity (Wildman–Crippen MR) is 87.3 cm³/mol. The van der Waals surface area contributed by atoms with Crippen molar-refractivity contribution >= 4 is 11.2 Å². The highest BCUT2D eigenvalue weighted by Crippen LogP contribution is 2.16. The van der Waals surface area contributed by atoms with Crippen LogP contribution in [0, 0.1) is 6.92 Å². The van der Waals surface area contributed by atoms with Gasteiger partial charge in [-0.1, -0.05) is 0 Å². The molecule has 2 heterocycles. The molecule has 0 aliphatic heterocycles. The lowest BCUT2D eigenvalue weighted by atomic mass is 10.1. The Morgan fingerprint density at radius 2 is 1.82 bits per heavy atom. The first-order valence-electron chi connectivity index (χ1n) is 7.59. The fourth-order valence-corrected chi connectivity index (χ4v) is 2.71. The van der Waals surface area contributed by atoms with Crippen LogP contribution in [-0.2, 0) is 13.1 Å². The van der Waals surface area contributed by atoms with Crippen molar-refractivity contribution in [1.82, 2.24) is 18.7 Å². The number of rotatable bonds is 4. The van der Waals surface area contributed by atoms with Gasteiger partial charge in [0.25, 0.3) is 5.56 Å². The summed E-state index contributed by atoms with van der Waals surface area (Å²) in [5, 5.41) is 0. The predicted octanol–water partition coefficient (Wildman–Crippen LogP) is 1.01. The van der Waals surface area contributed by atoms with Crippen molar-refractivity contribution < 1.29 is 0 Å². The highest BCUT2D eigenvalue weighted by molar-refractivity contribution is 5.71. The zero-order valence-corrected chi connectivity index (χ0v) is 14.2. The van der Waals surface area contributed by atoms with Crippen molar-refractivity contribution in [3.63, 3.8) is 0 Å². The van der Waals surface area contributed by atoms with E-state index >= 15 is 0 Å². The summed E-state index contributed by atoms with van der Waals surface area (Å²) in [5.74, 6) is 0.688. The van der Waals surface area contributed by atoms with Gasteiger partial charge >= 0.3 is 5.69 Å².